The number of carbonyl (C=O) groups is 3. The zero-order chi connectivity index (χ0) is 18.2. The van der Waals surface area contributed by atoms with Crippen molar-refractivity contribution in [3.63, 3.8) is 0 Å². The van der Waals surface area contributed by atoms with Crippen LogP contribution < -0.4 is 5.32 Å². The first-order valence-corrected chi connectivity index (χ1v) is 8.75. The maximum Gasteiger partial charge on any atom is 0.313 e. The number of benzene rings is 1. The molecule has 2 atom stereocenters. The van der Waals surface area contributed by atoms with Gasteiger partial charge in [0.05, 0.1) is 6.04 Å². The van der Waals surface area contributed by atoms with Crippen molar-refractivity contribution in [3.8, 4) is 0 Å². The molecule has 2 aliphatic rings. The van der Waals surface area contributed by atoms with E-state index in [1.54, 1.807) is 4.90 Å². The van der Waals surface area contributed by atoms with Gasteiger partial charge < -0.3 is 15.1 Å². The third kappa shape index (κ3) is 3.52. The molecule has 1 aromatic carbocycles. The highest BCUT2D eigenvalue weighted by atomic mass is 16.2. The summed E-state index contributed by atoms with van der Waals surface area (Å²) in [6.07, 6.45) is 1.56. The van der Waals surface area contributed by atoms with Crippen LogP contribution in [-0.2, 0) is 20.9 Å². The monoisotopic (exact) mass is 343 g/mol. The van der Waals surface area contributed by atoms with Crippen molar-refractivity contribution in [1.29, 1.82) is 0 Å². The van der Waals surface area contributed by atoms with Crippen molar-refractivity contribution in [2.75, 3.05) is 6.54 Å². The smallest absolute Gasteiger partial charge is 0.313 e. The van der Waals surface area contributed by atoms with Crippen molar-refractivity contribution < 1.29 is 14.4 Å². The molecular weight excluding hydrogens is 318 g/mol. The Morgan fingerprint density at radius 1 is 1.16 bits per heavy atom. The highest BCUT2D eigenvalue weighted by Gasteiger charge is 2.51. The number of hydrogen-bond donors (Lipinski definition) is 1. The molecule has 3 amide bonds. The van der Waals surface area contributed by atoms with E-state index >= 15 is 0 Å². The van der Waals surface area contributed by atoms with E-state index < -0.39 is 23.4 Å². The summed E-state index contributed by atoms with van der Waals surface area (Å²) in [5.41, 5.74) is 0.507. The lowest BCUT2D eigenvalue weighted by Crippen LogP contribution is -2.67. The van der Waals surface area contributed by atoms with Gasteiger partial charge in [-0.15, -0.1) is 0 Å². The molecule has 2 saturated heterocycles. The maximum atomic E-state index is 13.0. The summed E-state index contributed by atoms with van der Waals surface area (Å²) in [6, 6.07) is 8.59. The van der Waals surface area contributed by atoms with Gasteiger partial charge in [-0.1, -0.05) is 30.3 Å². The summed E-state index contributed by atoms with van der Waals surface area (Å²) < 4.78 is 0. The minimum absolute atomic E-state index is 0.193. The molecule has 3 rings (SSSR count). The Morgan fingerprint density at radius 3 is 2.48 bits per heavy atom. The van der Waals surface area contributed by atoms with Crippen molar-refractivity contribution in [2.45, 2.75) is 57.8 Å². The summed E-state index contributed by atoms with van der Waals surface area (Å²) >= 11 is 0. The van der Waals surface area contributed by atoms with E-state index in [-0.39, 0.29) is 18.5 Å². The van der Waals surface area contributed by atoms with Gasteiger partial charge in [0.1, 0.15) is 6.04 Å². The third-order valence-corrected chi connectivity index (χ3v) is 4.67. The van der Waals surface area contributed by atoms with Crippen molar-refractivity contribution >= 4 is 17.7 Å². The second-order valence-electron chi connectivity index (χ2n) is 7.81. The van der Waals surface area contributed by atoms with E-state index in [0.717, 1.165) is 18.4 Å². The lowest BCUT2D eigenvalue weighted by molar-refractivity contribution is -0.164. The fraction of sp³-hybridized carbons (Fsp3) is 0.526. The Bertz CT molecular complexity index is 681. The predicted molar refractivity (Wildman–Crippen MR) is 93.4 cm³/mol. The molecule has 2 fully saturated rings. The molecule has 0 aliphatic carbocycles. The summed E-state index contributed by atoms with van der Waals surface area (Å²) in [5.74, 6) is -1.27. The van der Waals surface area contributed by atoms with Gasteiger partial charge in [0, 0.05) is 18.6 Å². The number of rotatable bonds is 3. The van der Waals surface area contributed by atoms with Crippen LogP contribution in [0.3, 0.4) is 0 Å². The van der Waals surface area contributed by atoms with E-state index in [4.69, 9.17) is 0 Å². The Hall–Kier alpha value is -2.37. The highest BCUT2D eigenvalue weighted by Crippen LogP contribution is 2.30. The van der Waals surface area contributed by atoms with E-state index in [9.17, 15) is 14.4 Å². The summed E-state index contributed by atoms with van der Waals surface area (Å²) in [4.78, 5) is 41.2. The normalized spacial score (nSPS) is 23.6. The van der Waals surface area contributed by atoms with Crippen LogP contribution in [0.25, 0.3) is 0 Å². The van der Waals surface area contributed by atoms with Crippen LogP contribution in [0.1, 0.15) is 39.2 Å². The molecule has 134 valence electrons. The molecule has 2 unspecified atom stereocenters. The molecule has 0 bridgehead atoms. The lowest BCUT2D eigenvalue weighted by atomic mass is 9.97. The largest absolute Gasteiger partial charge is 0.350 e. The van der Waals surface area contributed by atoms with Gasteiger partial charge in [-0.05, 0) is 39.2 Å². The van der Waals surface area contributed by atoms with Gasteiger partial charge in [-0.2, -0.15) is 0 Å². The Kier molecular flexibility index (Phi) is 4.54. The minimum atomic E-state index is -0.646. The van der Waals surface area contributed by atoms with E-state index in [1.165, 1.54) is 4.90 Å². The first kappa shape index (κ1) is 17.5. The van der Waals surface area contributed by atoms with Crippen molar-refractivity contribution in [2.24, 2.45) is 0 Å². The number of piperazine rings is 1. The summed E-state index contributed by atoms with van der Waals surface area (Å²) in [6.45, 7) is 6.55. The number of hydrogen-bond acceptors (Lipinski definition) is 3. The molecular formula is C19H25N3O3. The molecule has 0 saturated carbocycles. The second-order valence-corrected chi connectivity index (χ2v) is 7.81. The molecule has 6 heteroatoms. The third-order valence-electron chi connectivity index (χ3n) is 4.67. The fourth-order valence-electron chi connectivity index (χ4n) is 3.66. The molecule has 0 spiro atoms. The van der Waals surface area contributed by atoms with Gasteiger partial charge in [0.25, 0.3) is 0 Å². The van der Waals surface area contributed by atoms with Crippen molar-refractivity contribution in [3.05, 3.63) is 35.9 Å². The fourth-order valence-corrected chi connectivity index (χ4v) is 3.66. The van der Waals surface area contributed by atoms with Gasteiger partial charge in [-0.25, -0.2) is 0 Å². The van der Waals surface area contributed by atoms with Gasteiger partial charge >= 0.3 is 11.8 Å². The van der Waals surface area contributed by atoms with E-state index in [1.807, 2.05) is 51.1 Å². The van der Waals surface area contributed by atoms with E-state index in [2.05, 4.69) is 5.32 Å². The van der Waals surface area contributed by atoms with Crippen LogP contribution in [0.15, 0.2) is 30.3 Å². The van der Waals surface area contributed by atoms with Crippen LogP contribution in [0.4, 0.5) is 0 Å². The zero-order valence-corrected chi connectivity index (χ0v) is 15.0. The van der Waals surface area contributed by atoms with Gasteiger partial charge in [0.15, 0.2) is 0 Å². The molecule has 0 aromatic heterocycles. The maximum absolute atomic E-state index is 13.0. The molecule has 0 radical (unpaired) electrons. The SMILES string of the molecule is CC(C)(C)NC(=O)C1C2CCCN2C(=O)C(=O)N1Cc1ccccc1. The van der Waals surface area contributed by atoms with Crippen LogP contribution in [0, 0.1) is 0 Å². The average molecular weight is 343 g/mol. The second kappa shape index (κ2) is 6.50. The molecule has 25 heavy (non-hydrogen) atoms. The van der Waals surface area contributed by atoms with Crippen LogP contribution in [0.2, 0.25) is 0 Å². The Morgan fingerprint density at radius 2 is 1.84 bits per heavy atom. The molecule has 2 heterocycles. The first-order chi connectivity index (χ1) is 11.8. The van der Waals surface area contributed by atoms with Crippen LogP contribution >= 0.6 is 0 Å². The minimum Gasteiger partial charge on any atom is -0.350 e. The summed E-state index contributed by atoms with van der Waals surface area (Å²) in [7, 11) is 0. The lowest BCUT2D eigenvalue weighted by Gasteiger charge is -2.43. The number of carbonyl (C=O) groups excluding carboxylic acids is 3. The summed E-state index contributed by atoms with van der Waals surface area (Å²) in [5, 5.41) is 2.98. The van der Waals surface area contributed by atoms with Gasteiger partial charge in [0.2, 0.25) is 5.91 Å². The quantitative estimate of drug-likeness (QED) is 0.841. The molecule has 2 aliphatic heterocycles. The number of amides is 3. The number of nitrogens with one attached hydrogen (secondary N) is 1. The topological polar surface area (TPSA) is 69.7 Å². The Balaban J connectivity index is 1.93. The van der Waals surface area contributed by atoms with Crippen molar-refractivity contribution in [1.82, 2.24) is 15.1 Å². The van der Waals surface area contributed by atoms with E-state index in [0.29, 0.717) is 6.54 Å². The van der Waals surface area contributed by atoms with Gasteiger partial charge in [-0.3, -0.25) is 14.4 Å². The van der Waals surface area contributed by atoms with Crippen LogP contribution in [-0.4, -0.2) is 51.7 Å². The number of fused-ring (bicyclic) bond motifs is 1. The molecule has 1 N–H and O–H groups in total. The van der Waals surface area contributed by atoms with Crippen LogP contribution in [0.5, 0.6) is 0 Å². The zero-order valence-electron chi connectivity index (χ0n) is 15.0. The highest BCUT2D eigenvalue weighted by molar-refractivity contribution is 6.36. The average Bonchev–Trinajstić information content (AvgIpc) is 3.01. The molecule has 6 nitrogen and oxygen atoms in total. The Labute approximate surface area is 148 Å². The number of nitrogens with zero attached hydrogens (tertiary/aromatic N) is 2. The predicted octanol–water partition coefficient (Wildman–Crippen LogP) is 1.30. The first-order valence-electron chi connectivity index (χ1n) is 8.75. The standard InChI is InChI=1S/C19H25N3O3/c1-19(2,3)20-16(23)15-14-10-7-11-21(14)17(24)18(25)22(15)12-13-8-5-4-6-9-13/h4-6,8-9,14-15H,7,10-12H2,1-3H3,(H,20,23). The molecule has 1 aromatic rings.